The van der Waals surface area contributed by atoms with E-state index in [4.69, 9.17) is 4.52 Å². The van der Waals surface area contributed by atoms with Crippen LogP contribution in [0.15, 0.2) is 22.0 Å². The highest BCUT2D eigenvalue weighted by molar-refractivity contribution is 7.13. The number of nitrogens with zero attached hydrogens (tertiary/aromatic N) is 3. The molecule has 0 unspecified atom stereocenters. The molecule has 0 spiro atoms. The Balaban J connectivity index is 1.92. The van der Waals surface area contributed by atoms with Gasteiger partial charge in [-0.1, -0.05) is 11.2 Å². The number of carbonyl (C=O) groups is 1. The molecule has 0 radical (unpaired) electrons. The fraction of sp³-hybridized carbons (Fsp3) is 0.462. The van der Waals surface area contributed by atoms with Crippen LogP contribution in [0.1, 0.15) is 26.2 Å². The Hall–Kier alpha value is -1.69. The van der Waals surface area contributed by atoms with Gasteiger partial charge in [-0.2, -0.15) is 4.98 Å². The lowest BCUT2D eigenvalue weighted by atomic mass is 10.2. The fourth-order valence-electron chi connectivity index (χ4n) is 1.81. The maximum atomic E-state index is 11.9. The second-order valence-electron chi connectivity index (χ2n) is 4.06. The van der Waals surface area contributed by atoms with Crippen LogP contribution in [0, 0.1) is 0 Å². The van der Waals surface area contributed by atoms with Gasteiger partial charge in [-0.3, -0.25) is 4.79 Å². The van der Waals surface area contributed by atoms with Gasteiger partial charge in [0, 0.05) is 25.9 Å². The molecule has 2 heterocycles. The van der Waals surface area contributed by atoms with Crippen molar-refractivity contribution in [1.29, 1.82) is 0 Å². The molecule has 0 N–H and O–H groups in total. The van der Waals surface area contributed by atoms with Gasteiger partial charge < -0.3 is 9.42 Å². The topological polar surface area (TPSA) is 59.2 Å². The van der Waals surface area contributed by atoms with Crippen molar-refractivity contribution in [3.8, 4) is 10.7 Å². The van der Waals surface area contributed by atoms with Gasteiger partial charge in [0.25, 0.3) is 0 Å². The minimum Gasteiger partial charge on any atom is -0.343 e. The van der Waals surface area contributed by atoms with Gasteiger partial charge in [0.2, 0.25) is 17.6 Å². The quantitative estimate of drug-likeness (QED) is 0.815. The predicted molar refractivity (Wildman–Crippen MR) is 73.9 cm³/mol. The van der Waals surface area contributed by atoms with Crippen LogP contribution >= 0.6 is 11.3 Å². The monoisotopic (exact) mass is 279 g/mol. The lowest BCUT2D eigenvalue weighted by Gasteiger charge is -2.17. The highest BCUT2D eigenvalue weighted by Gasteiger charge is 2.13. The van der Waals surface area contributed by atoms with Gasteiger partial charge in [0.15, 0.2) is 0 Å². The number of thiophene rings is 1. The second-order valence-corrected chi connectivity index (χ2v) is 5.00. The summed E-state index contributed by atoms with van der Waals surface area (Å²) in [5, 5.41) is 5.89. The van der Waals surface area contributed by atoms with E-state index in [1.165, 1.54) is 0 Å². The van der Waals surface area contributed by atoms with E-state index >= 15 is 0 Å². The summed E-state index contributed by atoms with van der Waals surface area (Å²) >= 11 is 1.57. The van der Waals surface area contributed by atoms with Gasteiger partial charge >= 0.3 is 0 Å². The smallest absolute Gasteiger partial charge is 0.227 e. The molecule has 0 aliphatic carbocycles. The molecule has 0 bridgehead atoms. The van der Waals surface area contributed by atoms with Gasteiger partial charge in [-0.05, 0) is 25.3 Å². The van der Waals surface area contributed by atoms with Crippen LogP contribution in [0.4, 0.5) is 0 Å². The number of carbonyl (C=O) groups excluding carboxylic acids is 1. The molecule has 19 heavy (non-hydrogen) atoms. The van der Waals surface area contributed by atoms with Crippen LogP contribution < -0.4 is 0 Å². The highest BCUT2D eigenvalue weighted by atomic mass is 32.1. The zero-order valence-electron chi connectivity index (χ0n) is 11.1. The number of aryl methyl sites for hydroxylation is 1. The first-order valence-corrected chi connectivity index (χ1v) is 7.26. The number of hydrogen-bond acceptors (Lipinski definition) is 5. The molecule has 6 heteroatoms. The van der Waals surface area contributed by atoms with Gasteiger partial charge in [0.05, 0.1) is 4.88 Å². The van der Waals surface area contributed by atoms with E-state index in [2.05, 4.69) is 10.1 Å². The second kappa shape index (κ2) is 6.47. The first-order chi connectivity index (χ1) is 9.24. The summed E-state index contributed by atoms with van der Waals surface area (Å²) in [6.07, 6.45) is 0.904. The van der Waals surface area contributed by atoms with Crippen molar-refractivity contribution in [3.05, 3.63) is 23.4 Å². The molecule has 0 saturated heterocycles. The van der Waals surface area contributed by atoms with E-state index < -0.39 is 0 Å². The number of hydrogen-bond donors (Lipinski definition) is 0. The van der Waals surface area contributed by atoms with Crippen LogP contribution in [-0.4, -0.2) is 34.0 Å². The molecule has 1 amide bonds. The Morgan fingerprint density at radius 2 is 2.21 bits per heavy atom. The SMILES string of the molecule is CCN(CC)C(=O)CCc1nc(-c2cccs2)no1. The molecule has 0 saturated carbocycles. The van der Waals surface area contributed by atoms with Crippen molar-refractivity contribution >= 4 is 17.2 Å². The maximum absolute atomic E-state index is 11.9. The van der Waals surface area contributed by atoms with Crippen LogP contribution in [0.5, 0.6) is 0 Å². The van der Waals surface area contributed by atoms with E-state index in [-0.39, 0.29) is 5.91 Å². The minimum atomic E-state index is 0.126. The summed E-state index contributed by atoms with van der Waals surface area (Å²) in [6.45, 7) is 5.42. The molecule has 5 nitrogen and oxygen atoms in total. The van der Waals surface area contributed by atoms with Crippen LogP contribution in [0.3, 0.4) is 0 Å². The minimum absolute atomic E-state index is 0.126. The molecule has 2 aromatic heterocycles. The number of rotatable bonds is 6. The molecule has 0 fully saturated rings. The molecular weight excluding hydrogens is 262 g/mol. The van der Waals surface area contributed by atoms with Crippen molar-refractivity contribution in [2.24, 2.45) is 0 Å². The third-order valence-corrected chi connectivity index (χ3v) is 3.74. The molecule has 102 valence electrons. The molecule has 0 aromatic carbocycles. The van der Waals surface area contributed by atoms with Crippen LogP contribution in [0.25, 0.3) is 10.7 Å². The summed E-state index contributed by atoms with van der Waals surface area (Å²) in [6, 6.07) is 3.89. The molecule has 2 rings (SSSR count). The Bertz CT molecular complexity index is 518. The highest BCUT2D eigenvalue weighted by Crippen LogP contribution is 2.21. The van der Waals surface area contributed by atoms with Gasteiger partial charge in [0.1, 0.15) is 0 Å². The number of aromatic nitrogens is 2. The van der Waals surface area contributed by atoms with E-state index in [9.17, 15) is 4.79 Å². The van der Waals surface area contributed by atoms with E-state index in [0.29, 0.717) is 24.6 Å². The zero-order valence-corrected chi connectivity index (χ0v) is 11.9. The Morgan fingerprint density at radius 1 is 1.42 bits per heavy atom. The molecular formula is C13H17N3O2S. The Kier molecular flexibility index (Phi) is 4.68. The lowest BCUT2D eigenvalue weighted by molar-refractivity contribution is -0.130. The van der Waals surface area contributed by atoms with Crippen molar-refractivity contribution < 1.29 is 9.32 Å². The van der Waals surface area contributed by atoms with Crippen molar-refractivity contribution in [2.75, 3.05) is 13.1 Å². The largest absolute Gasteiger partial charge is 0.343 e. The number of amides is 1. The summed E-state index contributed by atoms with van der Waals surface area (Å²) in [7, 11) is 0. The third kappa shape index (κ3) is 3.41. The van der Waals surface area contributed by atoms with Crippen molar-refractivity contribution in [3.63, 3.8) is 0 Å². The fourth-order valence-corrected chi connectivity index (χ4v) is 2.46. The predicted octanol–water partition coefficient (Wildman–Crippen LogP) is 2.60. The van der Waals surface area contributed by atoms with Gasteiger partial charge in [-0.25, -0.2) is 0 Å². The average molecular weight is 279 g/mol. The third-order valence-electron chi connectivity index (χ3n) is 2.88. The standard InChI is InChI=1S/C13H17N3O2S/c1-3-16(4-2)12(17)8-7-11-14-13(15-18-11)10-6-5-9-19-10/h5-6,9H,3-4,7-8H2,1-2H3. The van der Waals surface area contributed by atoms with Crippen molar-refractivity contribution in [1.82, 2.24) is 15.0 Å². The maximum Gasteiger partial charge on any atom is 0.227 e. The van der Waals surface area contributed by atoms with Crippen LogP contribution in [0.2, 0.25) is 0 Å². The zero-order chi connectivity index (χ0) is 13.7. The normalized spacial score (nSPS) is 10.6. The van der Waals surface area contributed by atoms with E-state index in [0.717, 1.165) is 18.0 Å². The summed E-state index contributed by atoms with van der Waals surface area (Å²) in [5.41, 5.74) is 0. The molecule has 0 aliphatic heterocycles. The Morgan fingerprint density at radius 3 is 2.84 bits per heavy atom. The molecule has 0 atom stereocenters. The Labute approximate surface area is 116 Å². The summed E-state index contributed by atoms with van der Waals surface area (Å²) in [4.78, 5) is 18.9. The summed E-state index contributed by atoms with van der Waals surface area (Å²) < 4.78 is 5.16. The van der Waals surface area contributed by atoms with Crippen molar-refractivity contribution in [2.45, 2.75) is 26.7 Å². The van der Waals surface area contributed by atoms with Gasteiger partial charge in [-0.15, -0.1) is 11.3 Å². The molecule has 2 aromatic rings. The first kappa shape index (κ1) is 13.7. The average Bonchev–Trinajstić information content (AvgIpc) is 3.08. The lowest BCUT2D eigenvalue weighted by Crippen LogP contribution is -2.30. The van der Waals surface area contributed by atoms with Crippen LogP contribution in [-0.2, 0) is 11.2 Å². The first-order valence-electron chi connectivity index (χ1n) is 6.38. The van der Waals surface area contributed by atoms with E-state index in [1.54, 1.807) is 16.2 Å². The molecule has 0 aliphatic rings. The van der Waals surface area contributed by atoms with E-state index in [1.807, 2.05) is 31.4 Å². The summed E-state index contributed by atoms with van der Waals surface area (Å²) in [5.74, 6) is 1.24.